The van der Waals surface area contributed by atoms with Gasteiger partial charge in [-0.25, -0.2) is 0 Å². The van der Waals surface area contributed by atoms with Crippen LogP contribution in [0.25, 0.3) is 0 Å². The van der Waals surface area contributed by atoms with Crippen molar-refractivity contribution in [1.29, 1.82) is 0 Å². The highest BCUT2D eigenvalue weighted by atomic mass is 16.1. The number of carbonyl (C=O) groups excluding carboxylic acids is 2. The minimum Gasteiger partial charge on any atom is -0.352 e. The molecule has 74 valence electrons. The van der Waals surface area contributed by atoms with E-state index >= 15 is 0 Å². The summed E-state index contributed by atoms with van der Waals surface area (Å²) in [4.78, 5) is 21.6. The summed E-state index contributed by atoms with van der Waals surface area (Å²) in [6.07, 6.45) is 1.15. The molecular formula is C11H13NO2. The number of hydrogen-bond acceptors (Lipinski definition) is 2. The highest BCUT2D eigenvalue weighted by Crippen LogP contribution is 2.05. The van der Waals surface area contributed by atoms with Gasteiger partial charge in [0.25, 0.3) is 5.91 Å². The Labute approximate surface area is 83.1 Å². The molecule has 0 saturated carbocycles. The van der Waals surface area contributed by atoms with E-state index in [0.29, 0.717) is 18.5 Å². The van der Waals surface area contributed by atoms with Gasteiger partial charge in [0.15, 0.2) is 0 Å². The molecular weight excluding hydrogens is 178 g/mol. The normalized spacial score (nSPS) is 9.50. The second-order valence-corrected chi connectivity index (χ2v) is 3.03. The summed E-state index contributed by atoms with van der Waals surface area (Å²) in [5, 5.41) is 2.67. The van der Waals surface area contributed by atoms with E-state index in [1.807, 2.05) is 25.1 Å². The standard InChI is InChI=1S/C11H13NO2/c1-9-5-2-3-6-10(9)11(14)12-7-4-8-13/h2-3,5-6,8H,4,7H2,1H3,(H,12,14). The second-order valence-electron chi connectivity index (χ2n) is 3.03. The van der Waals surface area contributed by atoms with Gasteiger partial charge in [-0.15, -0.1) is 0 Å². The van der Waals surface area contributed by atoms with Crippen LogP contribution in [0.2, 0.25) is 0 Å². The third kappa shape index (κ3) is 2.69. The van der Waals surface area contributed by atoms with Crippen LogP contribution in [0.3, 0.4) is 0 Å². The fourth-order valence-corrected chi connectivity index (χ4v) is 1.17. The van der Waals surface area contributed by atoms with Crippen LogP contribution < -0.4 is 5.32 Å². The molecule has 14 heavy (non-hydrogen) atoms. The highest BCUT2D eigenvalue weighted by molar-refractivity contribution is 5.95. The molecule has 0 aliphatic heterocycles. The predicted octanol–water partition coefficient (Wildman–Crippen LogP) is 1.31. The molecule has 3 nitrogen and oxygen atoms in total. The Kier molecular flexibility index (Phi) is 3.85. The second kappa shape index (κ2) is 5.17. The SMILES string of the molecule is Cc1ccccc1C(=O)NCCC=O. The minimum absolute atomic E-state index is 0.120. The maximum Gasteiger partial charge on any atom is 0.251 e. The average molecular weight is 191 g/mol. The van der Waals surface area contributed by atoms with Crippen LogP contribution in [0.1, 0.15) is 22.3 Å². The Morgan fingerprint density at radius 2 is 2.14 bits per heavy atom. The van der Waals surface area contributed by atoms with Crippen molar-refractivity contribution in [1.82, 2.24) is 5.32 Å². The van der Waals surface area contributed by atoms with Gasteiger partial charge in [-0.3, -0.25) is 4.79 Å². The van der Waals surface area contributed by atoms with Crippen LogP contribution in [0.5, 0.6) is 0 Å². The van der Waals surface area contributed by atoms with E-state index in [-0.39, 0.29) is 5.91 Å². The Hall–Kier alpha value is -1.64. The van der Waals surface area contributed by atoms with E-state index in [4.69, 9.17) is 0 Å². The molecule has 0 aliphatic carbocycles. The number of aryl methyl sites for hydroxylation is 1. The van der Waals surface area contributed by atoms with E-state index in [9.17, 15) is 9.59 Å². The molecule has 1 N–H and O–H groups in total. The molecule has 0 atom stereocenters. The Morgan fingerprint density at radius 3 is 2.79 bits per heavy atom. The van der Waals surface area contributed by atoms with Crippen molar-refractivity contribution < 1.29 is 9.59 Å². The summed E-state index contributed by atoms with van der Waals surface area (Å²) in [7, 11) is 0. The quantitative estimate of drug-likeness (QED) is 0.576. The molecule has 0 saturated heterocycles. The molecule has 0 heterocycles. The van der Waals surface area contributed by atoms with Gasteiger partial charge in [-0.1, -0.05) is 18.2 Å². The van der Waals surface area contributed by atoms with Crippen molar-refractivity contribution in [2.24, 2.45) is 0 Å². The maximum absolute atomic E-state index is 11.5. The molecule has 0 spiro atoms. The molecule has 1 rings (SSSR count). The van der Waals surface area contributed by atoms with Crippen molar-refractivity contribution >= 4 is 12.2 Å². The van der Waals surface area contributed by atoms with E-state index in [1.165, 1.54) is 0 Å². The summed E-state index contributed by atoms with van der Waals surface area (Å²) in [5.41, 5.74) is 1.61. The van der Waals surface area contributed by atoms with Gasteiger partial charge >= 0.3 is 0 Å². The predicted molar refractivity (Wildman–Crippen MR) is 54.2 cm³/mol. The summed E-state index contributed by atoms with van der Waals surface area (Å²) in [6.45, 7) is 2.28. The smallest absolute Gasteiger partial charge is 0.251 e. The third-order valence-corrected chi connectivity index (χ3v) is 1.94. The summed E-state index contributed by atoms with van der Waals surface area (Å²) < 4.78 is 0. The summed E-state index contributed by atoms with van der Waals surface area (Å²) >= 11 is 0. The molecule has 0 radical (unpaired) electrons. The van der Waals surface area contributed by atoms with Gasteiger partial charge in [-0.05, 0) is 18.6 Å². The number of aldehydes is 1. The molecule has 0 bridgehead atoms. The van der Waals surface area contributed by atoms with Crippen LogP contribution >= 0.6 is 0 Å². The van der Waals surface area contributed by atoms with Crippen LogP contribution in [0, 0.1) is 6.92 Å². The molecule has 1 aromatic carbocycles. The van der Waals surface area contributed by atoms with Crippen molar-refractivity contribution in [2.45, 2.75) is 13.3 Å². The number of hydrogen-bond donors (Lipinski definition) is 1. The topological polar surface area (TPSA) is 46.2 Å². The first-order valence-corrected chi connectivity index (χ1v) is 4.53. The number of nitrogens with one attached hydrogen (secondary N) is 1. The highest BCUT2D eigenvalue weighted by Gasteiger charge is 2.06. The monoisotopic (exact) mass is 191 g/mol. The first-order valence-electron chi connectivity index (χ1n) is 4.53. The fraction of sp³-hybridized carbons (Fsp3) is 0.273. The molecule has 0 fully saturated rings. The van der Waals surface area contributed by atoms with Gasteiger partial charge < -0.3 is 10.1 Å². The van der Waals surface area contributed by atoms with E-state index in [2.05, 4.69) is 5.32 Å². The molecule has 0 unspecified atom stereocenters. The number of amides is 1. The maximum atomic E-state index is 11.5. The van der Waals surface area contributed by atoms with Crippen LogP contribution in [0.4, 0.5) is 0 Å². The minimum atomic E-state index is -0.120. The lowest BCUT2D eigenvalue weighted by Gasteiger charge is -2.05. The van der Waals surface area contributed by atoms with Crippen molar-refractivity contribution in [3.05, 3.63) is 35.4 Å². The zero-order valence-electron chi connectivity index (χ0n) is 8.12. The molecule has 1 amide bonds. The zero-order chi connectivity index (χ0) is 10.4. The van der Waals surface area contributed by atoms with E-state index in [1.54, 1.807) is 6.07 Å². The average Bonchev–Trinajstić information content (AvgIpc) is 2.18. The lowest BCUT2D eigenvalue weighted by molar-refractivity contribution is -0.107. The molecule has 0 aliphatic rings. The van der Waals surface area contributed by atoms with Crippen molar-refractivity contribution in [3.63, 3.8) is 0 Å². The first-order chi connectivity index (χ1) is 6.75. The Balaban J connectivity index is 2.60. The lowest BCUT2D eigenvalue weighted by atomic mass is 10.1. The van der Waals surface area contributed by atoms with Crippen molar-refractivity contribution in [2.75, 3.05) is 6.54 Å². The van der Waals surface area contributed by atoms with Crippen LogP contribution in [-0.4, -0.2) is 18.7 Å². The third-order valence-electron chi connectivity index (χ3n) is 1.94. The van der Waals surface area contributed by atoms with Crippen molar-refractivity contribution in [3.8, 4) is 0 Å². The summed E-state index contributed by atoms with van der Waals surface area (Å²) in [6, 6.07) is 7.36. The Morgan fingerprint density at radius 1 is 1.43 bits per heavy atom. The first kappa shape index (κ1) is 10.4. The number of carbonyl (C=O) groups is 2. The van der Waals surface area contributed by atoms with Crippen LogP contribution in [-0.2, 0) is 4.79 Å². The number of benzene rings is 1. The molecule has 0 aromatic heterocycles. The fourth-order valence-electron chi connectivity index (χ4n) is 1.17. The lowest BCUT2D eigenvalue weighted by Crippen LogP contribution is -2.25. The number of rotatable bonds is 4. The van der Waals surface area contributed by atoms with Crippen LogP contribution in [0.15, 0.2) is 24.3 Å². The van der Waals surface area contributed by atoms with Gasteiger partial charge in [0.05, 0.1) is 0 Å². The largest absolute Gasteiger partial charge is 0.352 e. The van der Waals surface area contributed by atoms with Gasteiger partial charge in [0.1, 0.15) is 6.29 Å². The Bertz CT molecular complexity index is 334. The summed E-state index contributed by atoms with van der Waals surface area (Å²) in [5.74, 6) is -0.120. The van der Waals surface area contributed by atoms with Gasteiger partial charge in [0, 0.05) is 18.5 Å². The van der Waals surface area contributed by atoms with E-state index in [0.717, 1.165) is 11.8 Å². The van der Waals surface area contributed by atoms with Gasteiger partial charge in [0.2, 0.25) is 0 Å². The molecule has 1 aromatic rings. The molecule has 3 heteroatoms. The van der Waals surface area contributed by atoms with E-state index < -0.39 is 0 Å². The zero-order valence-corrected chi connectivity index (χ0v) is 8.12. The van der Waals surface area contributed by atoms with Gasteiger partial charge in [-0.2, -0.15) is 0 Å².